The first-order chi connectivity index (χ1) is 14.7. The average molecular weight is 405 g/mol. The van der Waals surface area contributed by atoms with E-state index in [1.807, 2.05) is 60.4 Å². The number of carbonyl (C=O) groups excluding carboxylic acids is 1. The number of hydrogen-bond donors (Lipinski definition) is 0. The molecule has 0 saturated carbocycles. The predicted octanol–water partition coefficient (Wildman–Crippen LogP) is 3.59. The Bertz CT molecular complexity index is 1050. The van der Waals surface area contributed by atoms with Crippen molar-refractivity contribution >= 4 is 5.91 Å². The molecule has 2 atom stereocenters. The van der Waals surface area contributed by atoms with Crippen LogP contribution >= 0.6 is 0 Å². The summed E-state index contributed by atoms with van der Waals surface area (Å²) in [6.45, 7) is 3.89. The summed E-state index contributed by atoms with van der Waals surface area (Å²) in [7, 11) is 0. The van der Waals surface area contributed by atoms with E-state index in [1.54, 1.807) is 17.1 Å². The van der Waals surface area contributed by atoms with Gasteiger partial charge in [0.15, 0.2) is 11.5 Å². The van der Waals surface area contributed by atoms with Gasteiger partial charge in [0, 0.05) is 12.7 Å². The van der Waals surface area contributed by atoms with Crippen LogP contribution in [0, 0.1) is 0 Å². The number of aromatic nitrogens is 2. The summed E-state index contributed by atoms with van der Waals surface area (Å²) in [5.41, 5.74) is 2.60. The largest absolute Gasteiger partial charge is 0.454 e. The molecule has 2 aliphatic rings. The highest BCUT2D eigenvalue weighted by atomic mass is 16.7. The zero-order valence-corrected chi connectivity index (χ0v) is 16.7. The molecule has 1 saturated heterocycles. The fourth-order valence-corrected chi connectivity index (χ4v) is 3.90. The third-order valence-corrected chi connectivity index (χ3v) is 5.53. The molecule has 0 N–H and O–H groups in total. The summed E-state index contributed by atoms with van der Waals surface area (Å²) in [5, 5.41) is 4.25. The molecule has 1 amide bonds. The Morgan fingerprint density at radius 3 is 2.57 bits per heavy atom. The lowest BCUT2D eigenvalue weighted by Gasteiger charge is -2.38. The average Bonchev–Trinajstić information content (AvgIpc) is 3.48. The molecular formula is C23H23N3O4. The first-order valence-corrected chi connectivity index (χ1v) is 10.1. The van der Waals surface area contributed by atoms with Crippen LogP contribution in [0.15, 0.2) is 60.9 Å². The summed E-state index contributed by atoms with van der Waals surface area (Å²) in [6.07, 6.45) is 2.93. The monoisotopic (exact) mass is 405 g/mol. The van der Waals surface area contributed by atoms with E-state index in [0.29, 0.717) is 24.4 Å². The predicted molar refractivity (Wildman–Crippen MR) is 109 cm³/mol. The van der Waals surface area contributed by atoms with Crippen molar-refractivity contribution in [2.45, 2.75) is 25.7 Å². The lowest BCUT2D eigenvalue weighted by molar-refractivity contribution is -0.0797. The van der Waals surface area contributed by atoms with Crippen molar-refractivity contribution in [2.75, 3.05) is 19.9 Å². The van der Waals surface area contributed by atoms with Gasteiger partial charge in [0.05, 0.1) is 24.8 Å². The molecule has 154 valence electrons. The Morgan fingerprint density at radius 1 is 1.03 bits per heavy atom. The van der Waals surface area contributed by atoms with Gasteiger partial charge in [-0.15, -0.1) is 0 Å². The number of rotatable bonds is 4. The highest BCUT2D eigenvalue weighted by Crippen LogP contribution is 2.38. The van der Waals surface area contributed by atoms with Crippen molar-refractivity contribution in [3.63, 3.8) is 0 Å². The summed E-state index contributed by atoms with van der Waals surface area (Å²) in [6, 6.07) is 15.8. The van der Waals surface area contributed by atoms with Gasteiger partial charge in [-0.1, -0.05) is 36.4 Å². The van der Waals surface area contributed by atoms with Crippen molar-refractivity contribution in [1.82, 2.24) is 14.7 Å². The minimum atomic E-state index is -0.274. The van der Waals surface area contributed by atoms with E-state index in [4.69, 9.17) is 14.2 Å². The van der Waals surface area contributed by atoms with Gasteiger partial charge < -0.3 is 19.1 Å². The number of morpholine rings is 1. The van der Waals surface area contributed by atoms with Gasteiger partial charge in [0.2, 0.25) is 6.79 Å². The van der Waals surface area contributed by atoms with Gasteiger partial charge >= 0.3 is 0 Å². The van der Waals surface area contributed by atoms with Crippen LogP contribution in [-0.4, -0.2) is 40.5 Å². The highest BCUT2D eigenvalue weighted by Gasteiger charge is 2.34. The molecule has 0 unspecified atom stereocenters. The van der Waals surface area contributed by atoms with Crippen LogP contribution in [0.1, 0.15) is 40.6 Å². The second-order valence-corrected chi connectivity index (χ2v) is 7.43. The number of benzene rings is 2. The van der Waals surface area contributed by atoms with Crippen molar-refractivity contribution in [1.29, 1.82) is 0 Å². The number of carbonyl (C=O) groups is 1. The van der Waals surface area contributed by atoms with Crippen molar-refractivity contribution in [2.24, 2.45) is 0 Å². The Kier molecular flexibility index (Phi) is 4.88. The normalized spacial score (nSPS) is 20.4. The zero-order chi connectivity index (χ0) is 20.5. The topological polar surface area (TPSA) is 65.8 Å². The Morgan fingerprint density at radius 2 is 1.80 bits per heavy atom. The number of ether oxygens (including phenoxy) is 3. The third kappa shape index (κ3) is 3.52. The number of hydrogen-bond acceptors (Lipinski definition) is 5. The quantitative estimate of drug-likeness (QED) is 0.664. The Balaban J connectivity index is 1.45. The molecule has 1 aromatic heterocycles. The molecule has 7 heteroatoms. The SMILES string of the molecule is CCn1cc(C(=O)N2C[C@@H](c3ccccc3)O[C@@H](c3ccc4c(c3)OCO4)C2)cn1. The van der Waals surface area contributed by atoms with E-state index in [0.717, 1.165) is 23.4 Å². The van der Waals surface area contributed by atoms with Gasteiger partial charge in [-0.2, -0.15) is 5.10 Å². The van der Waals surface area contributed by atoms with Gasteiger partial charge in [-0.05, 0) is 30.2 Å². The lowest BCUT2D eigenvalue weighted by Crippen LogP contribution is -2.43. The smallest absolute Gasteiger partial charge is 0.257 e. The Hall–Kier alpha value is -3.32. The number of amides is 1. The van der Waals surface area contributed by atoms with E-state index in [2.05, 4.69) is 5.10 Å². The minimum absolute atomic E-state index is 0.0373. The second kappa shape index (κ2) is 7.84. The van der Waals surface area contributed by atoms with Gasteiger partial charge in [0.1, 0.15) is 12.2 Å². The summed E-state index contributed by atoms with van der Waals surface area (Å²) in [4.78, 5) is 15.1. The maximum Gasteiger partial charge on any atom is 0.257 e. The van der Waals surface area contributed by atoms with E-state index < -0.39 is 0 Å². The molecule has 0 spiro atoms. The molecular weight excluding hydrogens is 382 g/mol. The van der Waals surface area contributed by atoms with Gasteiger partial charge in [0.25, 0.3) is 5.91 Å². The van der Waals surface area contributed by atoms with E-state index in [-0.39, 0.29) is 24.9 Å². The standard InChI is InChI=1S/C23H23N3O4/c1-2-26-12-18(11-24-26)23(27)25-13-21(16-6-4-3-5-7-16)30-22(14-25)17-8-9-19-20(10-17)29-15-28-19/h3-12,21-22H,2,13-15H2,1H3/t21-,22+/m0/s1. The van der Waals surface area contributed by atoms with Gasteiger partial charge in [-0.3, -0.25) is 9.48 Å². The van der Waals surface area contributed by atoms with E-state index >= 15 is 0 Å². The molecule has 2 aliphatic heterocycles. The maximum absolute atomic E-state index is 13.2. The summed E-state index contributed by atoms with van der Waals surface area (Å²) in [5.74, 6) is 1.40. The Labute approximate surface area is 174 Å². The fraction of sp³-hybridized carbons (Fsp3) is 0.304. The first-order valence-electron chi connectivity index (χ1n) is 10.1. The van der Waals surface area contributed by atoms with Crippen molar-refractivity contribution < 1.29 is 19.0 Å². The van der Waals surface area contributed by atoms with Crippen LogP contribution in [0.2, 0.25) is 0 Å². The van der Waals surface area contributed by atoms with Crippen LogP contribution < -0.4 is 9.47 Å². The number of nitrogens with zero attached hydrogens (tertiary/aromatic N) is 3. The minimum Gasteiger partial charge on any atom is -0.454 e. The molecule has 0 radical (unpaired) electrons. The molecule has 0 bridgehead atoms. The fourth-order valence-electron chi connectivity index (χ4n) is 3.90. The van der Waals surface area contributed by atoms with Crippen LogP contribution in [0.25, 0.3) is 0 Å². The third-order valence-electron chi connectivity index (χ3n) is 5.53. The van der Waals surface area contributed by atoms with Crippen LogP contribution in [0.4, 0.5) is 0 Å². The summed E-state index contributed by atoms with van der Waals surface area (Å²) < 4.78 is 19.2. The van der Waals surface area contributed by atoms with Gasteiger partial charge in [-0.25, -0.2) is 0 Å². The lowest BCUT2D eigenvalue weighted by atomic mass is 10.0. The number of fused-ring (bicyclic) bond motifs is 1. The highest BCUT2D eigenvalue weighted by molar-refractivity contribution is 5.93. The molecule has 0 aliphatic carbocycles. The molecule has 1 fully saturated rings. The van der Waals surface area contributed by atoms with Crippen LogP contribution in [0.3, 0.4) is 0 Å². The van der Waals surface area contributed by atoms with Crippen molar-refractivity contribution in [3.8, 4) is 11.5 Å². The molecule has 3 heterocycles. The molecule has 3 aromatic rings. The molecule has 30 heavy (non-hydrogen) atoms. The second-order valence-electron chi connectivity index (χ2n) is 7.43. The number of aryl methyl sites for hydroxylation is 1. The van der Waals surface area contributed by atoms with Crippen LogP contribution in [-0.2, 0) is 11.3 Å². The first kappa shape index (κ1) is 18.7. The molecule has 5 rings (SSSR count). The van der Waals surface area contributed by atoms with E-state index in [1.165, 1.54) is 0 Å². The molecule has 7 nitrogen and oxygen atoms in total. The van der Waals surface area contributed by atoms with Crippen LogP contribution in [0.5, 0.6) is 11.5 Å². The molecule has 2 aromatic carbocycles. The van der Waals surface area contributed by atoms with Crippen molar-refractivity contribution in [3.05, 3.63) is 77.6 Å². The van der Waals surface area contributed by atoms with E-state index in [9.17, 15) is 4.79 Å². The summed E-state index contributed by atoms with van der Waals surface area (Å²) >= 11 is 0. The maximum atomic E-state index is 13.2. The zero-order valence-electron chi connectivity index (χ0n) is 16.7.